The molecule has 5 nitrogen and oxygen atoms in total. The van der Waals surface area contributed by atoms with Crippen LogP contribution < -0.4 is 0 Å². The Morgan fingerprint density at radius 2 is 0.887 bits per heavy atom. The van der Waals surface area contributed by atoms with Crippen LogP contribution in [0.5, 0.6) is 0 Å². The van der Waals surface area contributed by atoms with Gasteiger partial charge in [-0.1, -0.05) is 153 Å². The van der Waals surface area contributed by atoms with Crippen LogP contribution >= 0.6 is 0 Å². The lowest BCUT2D eigenvalue weighted by atomic mass is 10.0. The zero-order valence-electron chi connectivity index (χ0n) is 36.1. The fraction of sp³-hybridized carbons (Fsp3) is 0.812. The van der Waals surface area contributed by atoms with E-state index in [0.717, 1.165) is 64.7 Å². The zero-order chi connectivity index (χ0) is 38.7. The molecule has 5 heteroatoms. The predicted molar refractivity (Wildman–Crippen MR) is 234 cm³/mol. The number of likely N-dealkylation sites (N-methyl/N-ethyl adjacent to an activating group) is 1. The molecule has 0 aromatic carbocycles. The Labute approximate surface area is 331 Å². The van der Waals surface area contributed by atoms with E-state index in [4.69, 9.17) is 9.47 Å². The molecule has 0 aliphatic heterocycles. The molecule has 0 rings (SSSR count). The third kappa shape index (κ3) is 41.2. The molecule has 310 valence electrons. The second kappa shape index (κ2) is 42.9. The SMILES string of the molecule is CCCCC/C=C\C/C=C\CCCCCCCCC(CCCCCCCC/C=C\C/C=C\CCCCC)OC(=O)OCCN(CCCC)CCN(C)C. The quantitative estimate of drug-likeness (QED) is 0.0355. The molecule has 0 saturated heterocycles. The van der Waals surface area contributed by atoms with Gasteiger partial charge in [-0.3, -0.25) is 4.90 Å². The number of hydrogen-bond donors (Lipinski definition) is 0. The van der Waals surface area contributed by atoms with Crippen molar-refractivity contribution in [1.82, 2.24) is 9.80 Å². The normalized spacial score (nSPS) is 12.4. The summed E-state index contributed by atoms with van der Waals surface area (Å²) in [6.45, 7) is 11.0. The Morgan fingerprint density at radius 1 is 0.472 bits per heavy atom. The minimum absolute atomic E-state index is 0.0240. The molecule has 0 atom stereocenters. The van der Waals surface area contributed by atoms with Crippen LogP contribution in [0, 0.1) is 0 Å². The van der Waals surface area contributed by atoms with Gasteiger partial charge in [0.2, 0.25) is 0 Å². The van der Waals surface area contributed by atoms with E-state index >= 15 is 0 Å². The van der Waals surface area contributed by atoms with Crippen LogP contribution in [-0.4, -0.2) is 68.9 Å². The molecule has 0 unspecified atom stereocenters. The van der Waals surface area contributed by atoms with Gasteiger partial charge >= 0.3 is 6.16 Å². The monoisotopic (exact) mass is 743 g/mol. The molecule has 0 amide bonds. The van der Waals surface area contributed by atoms with Crippen molar-refractivity contribution in [1.29, 1.82) is 0 Å². The largest absolute Gasteiger partial charge is 0.508 e. The summed E-state index contributed by atoms with van der Waals surface area (Å²) in [6, 6.07) is 0. The maximum absolute atomic E-state index is 12.8. The van der Waals surface area contributed by atoms with Crippen LogP contribution in [0.2, 0.25) is 0 Å². The minimum atomic E-state index is -0.474. The molecule has 0 N–H and O–H groups in total. The zero-order valence-corrected chi connectivity index (χ0v) is 36.1. The molecular weight excluding hydrogens is 653 g/mol. The summed E-state index contributed by atoms with van der Waals surface area (Å²) in [7, 11) is 4.21. The smallest absolute Gasteiger partial charge is 0.433 e. The Morgan fingerprint density at radius 3 is 1.32 bits per heavy atom. The van der Waals surface area contributed by atoms with Gasteiger partial charge < -0.3 is 14.4 Å². The molecule has 0 aliphatic rings. The van der Waals surface area contributed by atoms with E-state index in [2.05, 4.69) is 93.3 Å². The summed E-state index contributed by atoms with van der Waals surface area (Å²) >= 11 is 0. The van der Waals surface area contributed by atoms with E-state index in [1.807, 2.05) is 0 Å². The molecule has 0 aliphatic carbocycles. The average Bonchev–Trinajstić information content (AvgIpc) is 3.15. The van der Waals surface area contributed by atoms with Crippen LogP contribution in [0.4, 0.5) is 4.79 Å². The first kappa shape index (κ1) is 51.1. The van der Waals surface area contributed by atoms with E-state index < -0.39 is 6.16 Å². The van der Waals surface area contributed by atoms with Gasteiger partial charge in [-0.05, 0) is 117 Å². The topological polar surface area (TPSA) is 42.0 Å². The van der Waals surface area contributed by atoms with Gasteiger partial charge in [0.25, 0.3) is 0 Å². The summed E-state index contributed by atoms with van der Waals surface area (Å²) in [5, 5.41) is 0. The highest BCUT2D eigenvalue weighted by Crippen LogP contribution is 2.18. The van der Waals surface area contributed by atoms with E-state index in [1.54, 1.807) is 0 Å². The molecule has 0 aromatic heterocycles. The minimum Gasteiger partial charge on any atom is -0.433 e. The molecule has 0 aromatic rings. The van der Waals surface area contributed by atoms with Crippen molar-refractivity contribution in [2.24, 2.45) is 0 Å². The maximum atomic E-state index is 12.8. The van der Waals surface area contributed by atoms with Crippen LogP contribution in [0.15, 0.2) is 48.6 Å². The van der Waals surface area contributed by atoms with E-state index in [9.17, 15) is 4.79 Å². The maximum Gasteiger partial charge on any atom is 0.508 e. The Bertz CT molecular complexity index is 817. The standard InChI is InChI=1S/C48H90N2O3/c1-6-9-12-14-16-18-20-22-24-26-28-30-32-34-36-38-40-47(53-48(51)52-46-45-50(42-11-8-3)44-43-49(4)5)41-39-37-35-33-31-29-27-25-23-21-19-17-15-13-10-7-2/h16-19,22-25,47H,6-15,20-21,26-46H2,1-5H3/b18-16-,19-17-,24-22-,25-23-. The summed E-state index contributed by atoms with van der Waals surface area (Å²) in [6.07, 6.45) is 52.4. The first-order valence-corrected chi connectivity index (χ1v) is 22.8. The molecule has 0 spiro atoms. The van der Waals surface area contributed by atoms with Gasteiger partial charge in [0.15, 0.2) is 0 Å². The number of ether oxygens (including phenoxy) is 2. The van der Waals surface area contributed by atoms with Crippen molar-refractivity contribution < 1.29 is 14.3 Å². The van der Waals surface area contributed by atoms with Gasteiger partial charge in [-0.2, -0.15) is 0 Å². The molecule has 0 heterocycles. The van der Waals surface area contributed by atoms with Gasteiger partial charge in [-0.25, -0.2) is 4.79 Å². The van der Waals surface area contributed by atoms with Gasteiger partial charge in [-0.15, -0.1) is 0 Å². The van der Waals surface area contributed by atoms with Crippen LogP contribution in [0.1, 0.15) is 201 Å². The Hall–Kier alpha value is -1.85. The molecule has 53 heavy (non-hydrogen) atoms. The van der Waals surface area contributed by atoms with Crippen LogP contribution in [0.25, 0.3) is 0 Å². The highest BCUT2D eigenvalue weighted by atomic mass is 16.7. The van der Waals surface area contributed by atoms with Gasteiger partial charge in [0.05, 0.1) is 0 Å². The molecule has 0 bridgehead atoms. The molecule has 0 radical (unpaired) electrons. The molecule has 0 fully saturated rings. The van der Waals surface area contributed by atoms with Crippen molar-refractivity contribution in [3.8, 4) is 0 Å². The average molecular weight is 743 g/mol. The second-order valence-electron chi connectivity index (χ2n) is 15.6. The van der Waals surface area contributed by atoms with Crippen LogP contribution in [0.3, 0.4) is 0 Å². The van der Waals surface area contributed by atoms with Gasteiger partial charge in [0, 0.05) is 19.6 Å². The second-order valence-corrected chi connectivity index (χ2v) is 15.6. The number of carbonyl (C=O) groups is 1. The fourth-order valence-electron chi connectivity index (χ4n) is 6.47. The summed E-state index contributed by atoms with van der Waals surface area (Å²) in [5.41, 5.74) is 0. The lowest BCUT2D eigenvalue weighted by Gasteiger charge is -2.24. The number of unbranched alkanes of at least 4 members (excludes halogenated alkanes) is 19. The number of nitrogens with zero attached hydrogens (tertiary/aromatic N) is 2. The summed E-state index contributed by atoms with van der Waals surface area (Å²) in [4.78, 5) is 17.4. The van der Waals surface area contributed by atoms with Crippen molar-refractivity contribution in [3.63, 3.8) is 0 Å². The summed E-state index contributed by atoms with van der Waals surface area (Å²) in [5.74, 6) is 0. The van der Waals surface area contributed by atoms with Crippen molar-refractivity contribution in [2.45, 2.75) is 207 Å². The Balaban J connectivity index is 4.40. The highest BCUT2D eigenvalue weighted by molar-refractivity contribution is 5.60. The molecular formula is C48H90N2O3. The first-order valence-electron chi connectivity index (χ1n) is 22.8. The van der Waals surface area contributed by atoms with Crippen molar-refractivity contribution >= 4 is 6.16 Å². The number of allylic oxidation sites excluding steroid dienone is 8. The van der Waals surface area contributed by atoms with Crippen LogP contribution in [-0.2, 0) is 9.47 Å². The lowest BCUT2D eigenvalue weighted by Crippen LogP contribution is -2.35. The van der Waals surface area contributed by atoms with Crippen molar-refractivity contribution in [2.75, 3.05) is 46.9 Å². The third-order valence-electron chi connectivity index (χ3n) is 10.0. The Kier molecular flexibility index (Phi) is 41.4. The van der Waals surface area contributed by atoms with E-state index in [0.29, 0.717) is 6.61 Å². The number of hydrogen-bond acceptors (Lipinski definition) is 5. The van der Waals surface area contributed by atoms with Gasteiger partial charge in [0.1, 0.15) is 12.7 Å². The van der Waals surface area contributed by atoms with E-state index in [1.165, 1.54) is 141 Å². The number of carbonyl (C=O) groups excluding carboxylic acids is 1. The summed E-state index contributed by atoms with van der Waals surface area (Å²) < 4.78 is 11.6. The third-order valence-corrected chi connectivity index (χ3v) is 10.0. The van der Waals surface area contributed by atoms with Crippen molar-refractivity contribution in [3.05, 3.63) is 48.6 Å². The highest BCUT2D eigenvalue weighted by Gasteiger charge is 2.16. The van der Waals surface area contributed by atoms with E-state index in [-0.39, 0.29) is 6.10 Å². The predicted octanol–water partition coefficient (Wildman–Crippen LogP) is 14.6. The number of rotatable bonds is 40. The fourth-order valence-corrected chi connectivity index (χ4v) is 6.47. The first-order chi connectivity index (χ1) is 26.0. The lowest BCUT2D eigenvalue weighted by molar-refractivity contribution is 0.0117. The molecule has 0 saturated carbocycles.